The summed E-state index contributed by atoms with van der Waals surface area (Å²) in [4.78, 5) is 10.6. The van der Waals surface area contributed by atoms with Crippen LogP contribution in [-0.2, 0) is 4.79 Å². The predicted molar refractivity (Wildman–Crippen MR) is 47.8 cm³/mol. The van der Waals surface area contributed by atoms with Gasteiger partial charge in [-0.1, -0.05) is 30.7 Å². The zero-order chi connectivity index (χ0) is 9.14. The molecule has 2 heteroatoms. The van der Waals surface area contributed by atoms with E-state index in [4.69, 9.17) is 5.11 Å². The lowest BCUT2D eigenvalue weighted by molar-refractivity contribution is -0.142. The number of carbonyl (C=O) groups is 1. The lowest BCUT2D eigenvalue weighted by Crippen LogP contribution is -2.19. The van der Waals surface area contributed by atoms with Gasteiger partial charge in [-0.2, -0.15) is 0 Å². The van der Waals surface area contributed by atoms with Crippen LogP contribution in [0.3, 0.4) is 0 Å². The summed E-state index contributed by atoms with van der Waals surface area (Å²) in [6.07, 6.45) is 6.93. The van der Waals surface area contributed by atoms with Crippen LogP contribution in [0.5, 0.6) is 0 Å². The van der Waals surface area contributed by atoms with E-state index in [9.17, 15) is 4.79 Å². The number of rotatable bonds is 2. The van der Waals surface area contributed by atoms with Crippen molar-refractivity contribution in [3.05, 3.63) is 23.8 Å². The highest BCUT2D eigenvalue weighted by atomic mass is 16.4. The smallest absolute Gasteiger partial charge is 0.306 e. The van der Waals surface area contributed by atoms with Gasteiger partial charge in [0.25, 0.3) is 0 Å². The van der Waals surface area contributed by atoms with Crippen LogP contribution < -0.4 is 0 Å². The SMILES string of the molecule is CC1=CC[C@H](C(C)C(=O)O)C=C1. The van der Waals surface area contributed by atoms with Gasteiger partial charge in [-0.25, -0.2) is 0 Å². The van der Waals surface area contributed by atoms with Gasteiger partial charge in [-0.3, -0.25) is 4.79 Å². The molecule has 1 aliphatic rings. The number of hydrogen-bond donors (Lipinski definition) is 1. The fourth-order valence-corrected chi connectivity index (χ4v) is 1.30. The highest BCUT2D eigenvalue weighted by Crippen LogP contribution is 2.23. The van der Waals surface area contributed by atoms with Crippen LogP contribution in [0.4, 0.5) is 0 Å². The molecule has 0 amide bonds. The molecule has 1 aliphatic carbocycles. The largest absolute Gasteiger partial charge is 0.481 e. The summed E-state index contributed by atoms with van der Waals surface area (Å²) in [5, 5.41) is 8.75. The van der Waals surface area contributed by atoms with E-state index in [1.54, 1.807) is 6.92 Å². The molecule has 0 heterocycles. The maximum Gasteiger partial charge on any atom is 0.306 e. The molecule has 2 atom stereocenters. The molecule has 0 spiro atoms. The van der Waals surface area contributed by atoms with Crippen molar-refractivity contribution in [1.82, 2.24) is 0 Å². The Hall–Kier alpha value is -1.05. The van der Waals surface area contributed by atoms with E-state index in [2.05, 4.69) is 6.08 Å². The van der Waals surface area contributed by atoms with Gasteiger partial charge in [0.1, 0.15) is 0 Å². The third-order valence-electron chi connectivity index (χ3n) is 2.35. The summed E-state index contributed by atoms with van der Waals surface area (Å²) in [5.74, 6) is -0.811. The average molecular weight is 166 g/mol. The van der Waals surface area contributed by atoms with E-state index in [0.29, 0.717) is 0 Å². The monoisotopic (exact) mass is 166 g/mol. The summed E-state index contributed by atoms with van der Waals surface area (Å²) in [6.45, 7) is 3.78. The molecule has 0 bridgehead atoms. The average Bonchev–Trinajstić information content (AvgIpc) is 2.04. The van der Waals surface area contributed by atoms with Gasteiger partial charge in [0.2, 0.25) is 0 Å². The molecular weight excluding hydrogens is 152 g/mol. The first kappa shape index (κ1) is 9.04. The molecule has 0 radical (unpaired) electrons. The van der Waals surface area contributed by atoms with Crippen LogP contribution in [0.25, 0.3) is 0 Å². The van der Waals surface area contributed by atoms with Gasteiger partial charge in [-0.15, -0.1) is 0 Å². The topological polar surface area (TPSA) is 37.3 Å². The Balaban J connectivity index is 2.59. The van der Waals surface area contributed by atoms with E-state index >= 15 is 0 Å². The van der Waals surface area contributed by atoms with E-state index in [1.807, 2.05) is 19.1 Å². The summed E-state index contributed by atoms with van der Waals surface area (Å²) in [5.41, 5.74) is 1.23. The molecule has 1 N–H and O–H groups in total. The second-order valence-corrected chi connectivity index (χ2v) is 3.33. The first-order valence-corrected chi connectivity index (χ1v) is 4.19. The fraction of sp³-hybridized carbons (Fsp3) is 0.500. The standard InChI is InChI=1S/C10H14O2/c1-7-3-5-9(6-4-7)8(2)10(11)12/h3-5,8-9H,6H2,1-2H3,(H,11,12)/t8?,9-/m1/s1. The molecule has 0 fully saturated rings. The summed E-state index contributed by atoms with van der Waals surface area (Å²) in [7, 11) is 0. The predicted octanol–water partition coefficient (Wildman–Crippen LogP) is 2.23. The molecule has 2 nitrogen and oxygen atoms in total. The number of allylic oxidation sites excluding steroid dienone is 4. The van der Waals surface area contributed by atoms with E-state index < -0.39 is 5.97 Å². The van der Waals surface area contributed by atoms with Crippen LogP contribution in [-0.4, -0.2) is 11.1 Å². The number of carboxylic acids is 1. The van der Waals surface area contributed by atoms with Crippen molar-refractivity contribution in [2.45, 2.75) is 20.3 Å². The third-order valence-corrected chi connectivity index (χ3v) is 2.35. The van der Waals surface area contributed by atoms with Crippen molar-refractivity contribution in [2.75, 3.05) is 0 Å². The van der Waals surface area contributed by atoms with Crippen LogP contribution >= 0.6 is 0 Å². The fourth-order valence-electron chi connectivity index (χ4n) is 1.30. The normalized spacial score (nSPS) is 24.8. The van der Waals surface area contributed by atoms with Crippen LogP contribution in [0.2, 0.25) is 0 Å². The quantitative estimate of drug-likeness (QED) is 0.683. The van der Waals surface area contributed by atoms with Crippen molar-refractivity contribution >= 4 is 5.97 Å². The van der Waals surface area contributed by atoms with Crippen LogP contribution in [0.1, 0.15) is 20.3 Å². The van der Waals surface area contributed by atoms with Crippen molar-refractivity contribution in [1.29, 1.82) is 0 Å². The molecule has 1 rings (SSSR count). The number of carboxylic acid groups (broad SMARTS) is 1. The Morgan fingerprint density at radius 2 is 2.42 bits per heavy atom. The lowest BCUT2D eigenvalue weighted by atomic mass is 9.87. The van der Waals surface area contributed by atoms with Gasteiger partial charge in [-0.05, 0) is 19.3 Å². The Bertz CT molecular complexity index is 238. The second-order valence-electron chi connectivity index (χ2n) is 3.33. The maximum absolute atomic E-state index is 10.6. The Morgan fingerprint density at radius 3 is 2.83 bits per heavy atom. The minimum atomic E-state index is -0.711. The summed E-state index contributed by atoms with van der Waals surface area (Å²) < 4.78 is 0. The summed E-state index contributed by atoms with van der Waals surface area (Å²) >= 11 is 0. The molecule has 0 aromatic carbocycles. The molecule has 12 heavy (non-hydrogen) atoms. The Morgan fingerprint density at radius 1 is 1.75 bits per heavy atom. The zero-order valence-corrected chi connectivity index (χ0v) is 7.45. The van der Waals surface area contributed by atoms with Gasteiger partial charge >= 0.3 is 5.97 Å². The molecular formula is C10H14O2. The number of aliphatic carboxylic acids is 1. The maximum atomic E-state index is 10.6. The summed E-state index contributed by atoms with van der Waals surface area (Å²) in [6, 6.07) is 0. The van der Waals surface area contributed by atoms with Gasteiger partial charge < -0.3 is 5.11 Å². The molecule has 0 saturated heterocycles. The Kier molecular flexibility index (Phi) is 2.69. The second kappa shape index (κ2) is 3.57. The van der Waals surface area contributed by atoms with Gasteiger partial charge in [0, 0.05) is 0 Å². The third kappa shape index (κ3) is 1.97. The van der Waals surface area contributed by atoms with Crippen LogP contribution in [0.15, 0.2) is 23.8 Å². The highest BCUT2D eigenvalue weighted by molar-refractivity contribution is 5.70. The Labute approximate surface area is 72.6 Å². The first-order chi connectivity index (χ1) is 5.61. The van der Waals surface area contributed by atoms with E-state index in [1.165, 1.54) is 5.57 Å². The van der Waals surface area contributed by atoms with E-state index in [-0.39, 0.29) is 11.8 Å². The molecule has 0 aromatic heterocycles. The van der Waals surface area contributed by atoms with E-state index in [0.717, 1.165) is 6.42 Å². The van der Waals surface area contributed by atoms with Gasteiger partial charge in [0.15, 0.2) is 0 Å². The molecule has 0 aliphatic heterocycles. The zero-order valence-electron chi connectivity index (χ0n) is 7.45. The number of hydrogen-bond acceptors (Lipinski definition) is 1. The minimum Gasteiger partial charge on any atom is -0.481 e. The lowest BCUT2D eigenvalue weighted by Gasteiger charge is -2.18. The van der Waals surface area contributed by atoms with Crippen molar-refractivity contribution in [3.63, 3.8) is 0 Å². The first-order valence-electron chi connectivity index (χ1n) is 4.19. The van der Waals surface area contributed by atoms with Gasteiger partial charge in [0.05, 0.1) is 5.92 Å². The minimum absolute atomic E-state index is 0.172. The highest BCUT2D eigenvalue weighted by Gasteiger charge is 2.21. The molecule has 1 unspecified atom stereocenters. The van der Waals surface area contributed by atoms with Crippen molar-refractivity contribution in [2.24, 2.45) is 11.8 Å². The molecule has 0 aromatic rings. The van der Waals surface area contributed by atoms with Crippen molar-refractivity contribution in [3.8, 4) is 0 Å². The molecule has 0 saturated carbocycles. The van der Waals surface area contributed by atoms with Crippen molar-refractivity contribution < 1.29 is 9.90 Å². The van der Waals surface area contributed by atoms with Crippen LogP contribution in [0, 0.1) is 11.8 Å². The molecule has 66 valence electrons.